The standard InChI is InChI=1S/C17H22N2O3/c1-12(13-4-5-13)19(17(20)8-9-18)11-14-6-7-15(21-2)10-16(14)22-3/h6-7,10,12-13H,4-5,8,11H2,1-3H3. The second kappa shape index (κ2) is 7.17. The molecule has 1 aromatic carbocycles. The number of rotatable bonds is 7. The molecule has 0 aliphatic heterocycles. The Labute approximate surface area is 131 Å². The highest BCUT2D eigenvalue weighted by Crippen LogP contribution is 2.36. The molecular weight excluding hydrogens is 280 g/mol. The number of carbonyl (C=O) groups is 1. The molecule has 2 rings (SSSR count). The van der Waals surface area contributed by atoms with Crippen LogP contribution in [0.2, 0.25) is 0 Å². The summed E-state index contributed by atoms with van der Waals surface area (Å²) >= 11 is 0. The lowest BCUT2D eigenvalue weighted by Crippen LogP contribution is -2.39. The predicted octanol–water partition coefficient (Wildman–Crippen LogP) is 2.74. The van der Waals surface area contributed by atoms with E-state index in [0.717, 1.165) is 18.4 Å². The third-order valence-corrected chi connectivity index (χ3v) is 4.18. The lowest BCUT2D eigenvalue weighted by Gasteiger charge is -2.29. The first-order valence-electron chi connectivity index (χ1n) is 7.48. The lowest BCUT2D eigenvalue weighted by atomic mass is 10.1. The van der Waals surface area contributed by atoms with Crippen LogP contribution in [0.15, 0.2) is 18.2 Å². The Morgan fingerprint density at radius 3 is 2.68 bits per heavy atom. The maximum Gasteiger partial charge on any atom is 0.237 e. The van der Waals surface area contributed by atoms with Gasteiger partial charge in [-0.15, -0.1) is 0 Å². The molecular formula is C17H22N2O3. The Morgan fingerprint density at radius 2 is 2.14 bits per heavy atom. The molecule has 22 heavy (non-hydrogen) atoms. The van der Waals surface area contributed by atoms with Crippen LogP contribution in [0.1, 0.15) is 31.7 Å². The summed E-state index contributed by atoms with van der Waals surface area (Å²) in [5.41, 5.74) is 0.919. The molecule has 118 valence electrons. The number of ether oxygens (including phenoxy) is 2. The van der Waals surface area contributed by atoms with Crippen molar-refractivity contribution in [2.45, 2.75) is 38.8 Å². The zero-order valence-corrected chi connectivity index (χ0v) is 13.3. The molecule has 1 unspecified atom stereocenters. The molecule has 1 fully saturated rings. The van der Waals surface area contributed by atoms with Crippen molar-refractivity contribution < 1.29 is 14.3 Å². The third-order valence-electron chi connectivity index (χ3n) is 4.18. The molecule has 0 saturated heterocycles. The summed E-state index contributed by atoms with van der Waals surface area (Å²) in [5.74, 6) is 1.83. The number of nitriles is 1. The second-order valence-corrected chi connectivity index (χ2v) is 5.61. The van der Waals surface area contributed by atoms with E-state index in [-0.39, 0.29) is 18.4 Å². The fourth-order valence-electron chi connectivity index (χ4n) is 2.63. The van der Waals surface area contributed by atoms with Gasteiger partial charge in [0.2, 0.25) is 5.91 Å². The van der Waals surface area contributed by atoms with E-state index in [1.807, 2.05) is 24.3 Å². The Hall–Kier alpha value is -2.22. The Balaban J connectivity index is 2.22. The SMILES string of the molecule is COc1ccc(CN(C(=O)CC#N)C(C)C2CC2)c(OC)c1. The molecule has 1 aromatic rings. The van der Waals surface area contributed by atoms with Gasteiger partial charge in [0.1, 0.15) is 17.9 Å². The lowest BCUT2D eigenvalue weighted by molar-refractivity contribution is -0.133. The van der Waals surface area contributed by atoms with Crippen LogP contribution in [0.4, 0.5) is 0 Å². The van der Waals surface area contributed by atoms with E-state index in [0.29, 0.717) is 24.0 Å². The van der Waals surface area contributed by atoms with Gasteiger partial charge < -0.3 is 14.4 Å². The first-order valence-corrected chi connectivity index (χ1v) is 7.48. The van der Waals surface area contributed by atoms with Crippen molar-refractivity contribution in [3.63, 3.8) is 0 Å². The van der Waals surface area contributed by atoms with E-state index in [1.54, 1.807) is 19.1 Å². The van der Waals surface area contributed by atoms with Gasteiger partial charge in [-0.25, -0.2) is 0 Å². The van der Waals surface area contributed by atoms with Gasteiger partial charge in [-0.05, 0) is 37.8 Å². The molecule has 5 heteroatoms. The fourth-order valence-corrected chi connectivity index (χ4v) is 2.63. The van der Waals surface area contributed by atoms with Crippen molar-refractivity contribution in [3.05, 3.63) is 23.8 Å². The minimum atomic E-state index is -0.125. The molecule has 0 heterocycles. The van der Waals surface area contributed by atoms with Gasteiger partial charge in [0.15, 0.2) is 0 Å². The van der Waals surface area contributed by atoms with Gasteiger partial charge in [-0.2, -0.15) is 5.26 Å². The van der Waals surface area contributed by atoms with E-state index in [1.165, 1.54) is 0 Å². The minimum absolute atomic E-state index is 0.0878. The third kappa shape index (κ3) is 3.70. The smallest absolute Gasteiger partial charge is 0.237 e. The minimum Gasteiger partial charge on any atom is -0.497 e. The molecule has 0 radical (unpaired) electrons. The molecule has 0 N–H and O–H groups in total. The number of amides is 1. The molecule has 0 aromatic heterocycles. The summed E-state index contributed by atoms with van der Waals surface area (Å²) in [4.78, 5) is 14.1. The fraction of sp³-hybridized carbons (Fsp3) is 0.529. The number of hydrogen-bond acceptors (Lipinski definition) is 4. The number of carbonyl (C=O) groups excluding carboxylic acids is 1. The molecule has 0 spiro atoms. The van der Waals surface area contributed by atoms with Crippen LogP contribution in [-0.4, -0.2) is 31.1 Å². The zero-order valence-electron chi connectivity index (χ0n) is 13.3. The van der Waals surface area contributed by atoms with Crippen LogP contribution < -0.4 is 9.47 Å². The Bertz CT molecular complexity index is 576. The highest BCUT2D eigenvalue weighted by Gasteiger charge is 2.34. The van der Waals surface area contributed by atoms with Crippen molar-refractivity contribution in [1.82, 2.24) is 4.90 Å². The van der Waals surface area contributed by atoms with Crippen LogP contribution >= 0.6 is 0 Å². The summed E-state index contributed by atoms with van der Waals surface area (Å²) in [6.07, 6.45) is 2.21. The Morgan fingerprint density at radius 1 is 1.41 bits per heavy atom. The normalized spacial score (nSPS) is 14.8. The number of methoxy groups -OCH3 is 2. The maximum atomic E-state index is 12.3. The van der Waals surface area contributed by atoms with E-state index in [4.69, 9.17) is 14.7 Å². The van der Waals surface area contributed by atoms with Gasteiger partial charge in [0, 0.05) is 24.2 Å². The highest BCUT2D eigenvalue weighted by molar-refractivity contribution is 5.78. The average Bonchev–Trinajstić information content (AvgIpc) is 3.37. The molecule has 1 amide bonds. The van der Waals surface area contributed by atoms with Crippen molar-refractivity contribution in [2.24, 2.45) is 5.92 Å². The van der Waals surface area contributed by atoms with Crippen LogP contribution in [0, 0.1) is 17.2 Å². The first kappa shape index (κ1) is 16.2. The van der Waals surface area contributed by atoms with E-state index in [9.17, 15) is 4.79 Å². The molecule has 1 aliphatic carbocycles. The van der Waals surface area contributed by atoms with Gasteiger partial charge in [0.05, 0.1) is 20.3 Å². The van der Waals surface area contributed by atoms with Crippen LogP contribution in [-0.2, 0) is 11.3 Å². The molecule has 1 aliphatic rings. The van der Waals surface area contributed by atoms with E-state index in [2.05, 4.69) is 6.92 Å². The molecule has 0 bridgehead atoms. The summed E-state index contributed by atoms with van der Waals surface area (Å²) in [7, 11) is 3.20. The largest absolute Gasteiger partial charge is 0.497 e. The first-order chi connectivity index (χ1) is 10.6. The quantitative estimate of drug-likeness (QED) is 0.777. The predicted molar refractivity (Wildman–Crippen MR) is 82.5 cm³/mol. The number of benzene rings is 1. The van der Waals surface area contributed by atoms with Crippen molar-refractivity contribution in [3.8, 4) is 17.6 Å². The van der Waals surface area contributed by atoms with Crippen molar-refractivity contribution in [1.29, 1.82) is 5.26 Å². The maximum absolute atomic E-state index is 12.3. The molecule has 1 saturated carbocycles. The van der Waals surface area contributed by atoms with Gasteiger partial charge in [0.25, 0.3) is 0 Å². The van der Waals surface area contributed by atoms with Crippen molar-refractivity contribution in [2.75, 3.05) is 14.2 Å². The van der Waals surface area contributed by atoms with Crippen LogP contribution in [0.5, 0.6) is 11.5 Å². The van der Waals surface area contributed by atoms with E-state index >= 15 is 0 Å². The summed E-state index contributed by atoms with van der Waals surface area (Å²) in [6.45, 7) is 2.51. The topological polar surface area (TPSA) is 62.6 Å². The Kier molecular flexibility index (Phi) is 5.26. The highest BCUT2D eigenvalue weighted by atomic mass is 16.5. The van der Waals surface area contributed by atoms with Crippen LogP contribution in [0.25, 0.3) is 0 Å². The van der Waals surface area contributed by atoms with Crippen molar-refractivity contribution >= 4 is 5.91 Å². The van der Waals surface area contributed by atoms with Crippen LogP contribution in [0.3, 0.4) is 0 Å². The monoisotopic (exact) mass is 302 g/mol. The zero-order chi connectivity index (χ0) is 16.1. The number of nitrogens with zero attached hydrogens (tertiary/aromatic N) is 2. The summed E-state index contributed by atoms with van der Waals surface area (Å²) in [5, 5.41) is 8.82. The summed E-state index contributed by atoms with van der Waals surface area (Å²) < 4.78 is 10.6. The number of hydrogen-bond donors (Lipinski definition) is 0. The average molecular weight is 302 g/mol. The van der Waals surface area contributed by atoms with Gasteiger partial charge in [-0.3, -0.25) is 4.79 Å². The van der Waals surface area contributed by atoms with Gasteiger partial charge >= 0.3 is 0 Å². The second-order valence-electron chi connectivity index (χ2n) is 5.61. The van der Waals surface area contributed by atoms with E-state index < -0.39 is 0 Å². The molecule has 1 atom stereocenters. The molecule has 5 nitrogen and oxygen atoms in total. The van der Waals surface area contributed by atoms with Gasteiger partial charge in [-0.1, -0.05) is 0 Å². The summed E-state index contributed by atoms with van der Waals surface area (Å²) in [6, 6.07) is 7.67.